The van der Waals surface area contributed by atoms with Gasteiger partial charge in [-0.3, -0.25) is 0 Å². The summed E-state index contributed by atoms with van der Waals surface area (Å²) < 4.78 is 61.3. The van der Waals surface area contributed by atoms with Crippen LogP contribution in [0.5, 0.6) is 0 Å². The van der Waals surface area contributed by atoms with Crippen LogP contribution < -0.4 is 5.73 Å². The second kappa shape index (κ2) is 6.71. The maximum Gasteiger partial charge on any atom is 0.390 e. The Balaban J connectivity index is 2.88. The summed E-state index contributed by atoms with van der Waals surface area (Å²) in [5, 5.41) is 0. The summed E-state index contributed by atoms with van der Waals surface area (Å²) in [7, 11) is -2.76. The Morgan fingerprint density at radius 2 is 1.90 bits per heavy atom. The minimum absolute atomic E-state index is 0.0405. The highest BCUT2D eigenvalue weighted by molar-refractivity contribution is 7.88. The number of benzene rings is 1. The lowest BCUT2D eigenvalue weighted by Crippen LogP contribution is -2.32. The molecule has 0 saturated carbocycles. The molecule has 0 radical (unpaired) electrons. The molecule has 0 fully saturated rings. The smallest absolute Gasteiger partial charge is 0.389 e. The molecule has 0 bridgehead atoms. The van der Waals surface area contributed by atoms with Crippen LogP contribution in [0.3, 0.4) is 0 Å². The molecule has 118 valence electrons. The lowest BCUT2D eigenvalue weighted by molar-refractivity contribution is -0.135. The number of nitrogens with two attached hydrogens (primary N) is 1. The zero-order chi connectivity index (χ0) is 16.3. The van der Waals surface area contributed by atoms with Crippen molar-refractivity contribution in [1.29, 1.82) is 0 Å². The predicted octanol–water partition coefficient (Wildman–Crippen LogP) is 2.03. The van der Waals surface area contributed by atoms with Gasteiger partial charge in [0.05, 0.1) is 12.2 Å². The molecule has 0 unspecified atom stereocenters. The SMILES string of the molecule is CN(CCC(F)(F)F)S(=O)(=O)Cc1ccccc1C(N)=S. The van der Waals surface area contributed by atoms with Crippen LogP contribution >= 0.6 is 12.2 Å². The molecule has 0 saturated heterocycles. The predicted molar refractivity (Wildman–Crippen MR) is 78.3 cm³/mol. The van der Waals surface area contributed by atoms with Crippen LogP contribution in [0.4, 0.5) is 13.2 Å². The summed E-state index contributed by atoms with van der Waals surface area (Å²) in [6.45, 7) is -0.624. The maximum atomic E-state index is 12.1. The Labute approximate surface area is 126 Å². The first-order chi connectivity index (χ1) is 9.53. The molecular formula is C12H15F3N2O2S2. The van der Waals surface area contributed by atoms with E-state index in [4.69, 9.17) is 18.0 Å². The number of sulfonamides is 1. The Hall–Kier alpha value is -1.19. The summed E-state index contributed by atoms with van der Waals surface area (Å²) in [5.74, 6) is -0.450. The highest BCUT2D eigenvalue weighted by Gasteiger charge is 2.30. The van der Waals surface area contributed by atoms with Gasteiger partial charge in [0.15, 0.2) is 0 Å². The first-order valence-corrected chi connectivity index (χ1v) is 7.93. The Morgan fingerprint density at radius 3 is 2.43 bits per heavy atom. The molecule has 0 aromatic heterocycles. The van der Waals surface area contributed by atoms with Crippen molar-refractivity contribution in [2.45, 2.75) is 18.3 Å². The molecular weight excluding hydrogens is 325 g/mol. The third kappa shape index (κ3) is 5.60. The fraction of sp³-hybridized carbons (Fsp3) is 0.417. The van der Waals surface area contributed by atoms with E-state index in [1.807, 2.05) is 0 Å². The van der Waals surface area contributed by atoms with Crippen molar-refractivity contribution >= 4 is 27.2 Å². The molecule has 0 aliphatic heterocycles. The molecule has 9 heteroatoms. The van der Waals surface area contributed by atoms with Gasteiger partial charge in [0.2, 0.25) is 10.0 Å². The number of thiocarbonyl (C=S) groups is 1. The van der Waals surface area contributed by atoms with Gasteiger partial charge in [-0.05, 0) is 5.56 Å². The third-order valence-electron chi connectivity index (χ3n) is 2.81. The zero-order valence-corrected chi connectivity index (χ0v) is 12.9. The number of rotatable bonds is 6. The first kappa shape index (κ1) is 17.9. The molecule has 4 nitrogen and oxygen atoms in total. The van der Waals surface area contributed by atoms with E-state index in [0.29, 0.717) is 15.4 Å². The minimum Gasteiger partial charge on any atom is -0.389 e. The van der Waals surface area contributed by atoms with Crippen LogP contribution in [-0.2, 0) is 15.8 Å². The van der Waals surface area contributed by atoms with Gasteiger partial charge < -0.3 is 5.73 Å². The lowest BCUT2D eigenvalue weighted by Gasteiger charge is -2.19. The third-order valence-corrected chi connectivity index (χ3v) is 4.83. The lowest BCUT2D eigenvalue weighted by atomic mass is 10.1. The molecule has 1 aromatic carbocycles. The van der Waals surface area contributed by atoms with Crippen LogP contribution in [0, 0.1) is 0 Å². The van der Waals surface area contributed by atoms with Gasteiger partial charge in [-0.15, -0.1) is 0 Å². The van der Waals surface area contributed by atoms with Gasteiger partial charge in [0.25, 0.3) is 0 Å². The van der Waals surface area contributed by atoms with Crippen molar-refractivity contribution in [3.63, 3.8) is 0 Å². The van der Waals surface area contributed by atoms with E-state index >= 15 is 0 Å². The first-order valence-electron chi connectivity index (χ1n) is 5.91. The van der Waals surface area contributed by atoms with Crippen molar-refractivity contribution < 1.29 is 21.6 Å². The molecule has 0 amide bonds. The monoisotopic (exact) mass is 340 g/mol. The van der Waals surface area contributed by atoms with Gasteiger partial charge in [-0.1, -0.05) is 36.5 Å². The standard InChI is InChI=1S/C12H15F3N2O2S2/c1-17(7-6-12(13,14)15)21(18,19)8-9-4-2-3-5-10(9)11(16)20/h2-5H,6-8H2,1H3,(H2,16,20). The van der Waals surface area contributed by atoms with Gasteiger partial charge in [0.1, 0.15) is 4.99 Å². The van der Waals surface area contributed by atoms with Crippen LogP contribution in [0.2, 0.25) is 0 Å². The van der Waals surface area contributed by atoms with Crippen LogP contribution in [0.15, 0.2) is 24.3 Å². The van der Waals surface area contributed by atoms with Gasteiger partial charge in [-0.25, -0.2) is 12.7 Å². The van der Waals surface area contributed by atoms with E-state index in [2.05, 4.69) is 0 Å². The van der Waals surface area contributed by atoms with Crippen molar-refractivity contribution in [2.24, 2.45) is 5.73 Å². The summed E-state index contributed by atoms with van der Waals surface area (Å²) in [6, 6.07) is 6.37. The van der Waals surface area contributed by atoms with E-state index in [1.54, 1.807) is 18.2 Å². The number of hydrogen-bond donors (Lipinski definition) is 1. The van der Waals surface area contributed by atoms with E-state index in [0.717, 1.165) is 7.05 Å². The highest BCUT2D eigenvalue weighted by Crippen LogP contribution is 2.21. The second-order valence-electron chi connectivity index (χ2n) is 4.46. The van der Waals surface area contributed by atoms with Gasteiger partial charge in [-0.2, -0.15) is 13.2 Å². The van der Waals surface area contributed by atoms with Crippen molar-refractivity contribution in [3.8, 4) is 0 Å². The summed E-state index contributed by atoms with van der Waals surface area (Å²) in [4.78, 5) is 0.0405. The average Bonchev–Trinajstić information content (AvgIpc) is 2.34. The normalized spacial score (nSPS) is 12.6. The van der Waals surface area contributed by atoms with E-state index in [1.165, 1.54) is 6.07 Å². The molecule has 2 N–H and O–H groups in total. The average molecular weight is 340 g/mol. The molecule has 0 spiro atoms. The van der Waals surface area contributed by atoms with Crippen molar-refractivity contribution in [2.75, 3.05) is 13.6 Å². The van der Waals surface area contributed by atoms with Crippen LogP contribution in [0.25, 0.3) is 0 Å². The summed E-state index contributed by atoms with van der Waals surface area (Å²) in [6.07, 6.45) is -5.60. The molecule has 1 rings (SSSR count). The Bertz CT molecular complexity index is 615. The Kier molecular flexibility index (Phi) is 5.71. The maximum absolute atomic E-state index is 12.1. The summed E-state index contributed by atoms with van der Waals surface area (Å²) >= 11 is 4.83. The molecule has 21 heavy (non-hydrogen) atoms. The number of halogens is 3. The largest absolute Gasteiger partial charge is 0.390 e. The summed E-state index contributed by atoms with van der Waals surface area (Å²) in [5.41, 5.74) is 6.27. The molecule has 0 heterocycles. The quantitative estimate of drug-likeness (QED) is 0.805. The molecule has 1 aromatic rings. The highest BCUT2D eigenvalue weighted by atomic mass is 32.2. The number of nitrogens with zero attached hydrogens (tertiary/aromatic N) is 1. The minimum atomic E-state index is -4.40. The molecule has 0 aliphatic carbocycles. The topological polar surface area (TPSA) is 63.4 Å². The van der Waals surface area contributed by atoms with Crippen molar-refractivity contribution in [1.82, 2.24) is 4.31 Å². The fourth-order valence-corrected chi connectivity index (χ4v) is 3.05. The van der Waals surface area contributed by atoms with E-state index < -0.39 is 34.9 Å². The van der Waals surface area contributed by atoms with Gasteiger partial charge >= 0.3 is 6.18 Å². The fourth-order valence-electron chi connectivity index (χ4n) is 1.62. The number of alkyl halides is 3. The zero-order valence-electron chi connectivity index (χ0n) is 11.2. The Morgan fingerprint density at radius 1 is 1.33 bits per heavy atom. The molecule has 0 aliphatic rings. The van der Waals surface area contributed by atoms with Crippen LogP contribution in [0.1, 0.15) is 17.5 Å². The molecule has 0 atom stereocenters. The van der Waals surface area contributed by atoms with E-state index in [-0.39, 0.29) is 4.99 Å². The number of hydrogen-bond acceptors (Lipinski definition) is 3. The van der Waals surface area contributed by atoms with Crippen molar-refractivity contribution in [3.05, 3.63) is 35.4 Å². The van der Waals surface area contributed by atoms with Crippen LogP contribution in [-0.4, -0.2) is 37.5 Å². The van der Waals surface area contributed by atoms with Gasteiger partial charge in [0, 0.05) is 19.2 Å². The second-order valence-corrected chi connectivity index (χ2v) is 6.98. The van der Waals surface area contributed by atoms with E-state index in [9.17, 15) is 21.6 Å².